The first-order chi connectivity index (χ1) is 11.6. The molecule has 1 aliphatic heterocycles. The highest BCUT2D eigenvalue weighted by Crippen LogP contribution is 2.37. The van der Waals surface area contributed by atoms with Gasteiger partial charge in [0.2, 0.25) is 5.76 Å². The van der Waals surface area contributed by atoms with Crippen LogP contribution in [0.3, 0.4) is 0 Å². The van der Waals surface area contributed by atoms with Gasteiger partial charge in [-0.05, 0) is 30.7 Å². The molecule has 3 amide bonds. The molecule has 0 aromatic carbocycles. The van der Waals surface area contributed by atoms with Crippen LogP contribution in [0.2, 0.25) is 0 Å². The van der Waals surface area contributed by atoms with E-state index in [0.717, 1.165) is 13.1 Å². The number of amides is 3. The molecule has 3 N–H and O–H groups in total. The van der Waals surface area contributed by atoms with Crippen LogP contribution in [0, 0.1) is 11.8 Å². The van der Waals surface area contributed by atoms with E-state index in [2.05, 4.69) is 10.3 Å². The number of hydrogen-bond acceptors (Lipinski definition) is 4. The first-order valence-corrected chi connectivity index (χ1v) is 8.35. The number of carbonyl (C=O) groups excluding carboxylic acids is 2. The Bertz CT molecular complexity index is 786. The number of nitrogens with two attached hydrogens (primary N) is 1. The second-order valence-electron chi connectivity index (χ2n) is 6.68. The number of fused-ring (bicyclic) bond motifs is 2. The summed E-state index contributed by atoms with van der Waals surface area (Å²) in [5.74, 6) is 0.449. The number of hydrogen-bond donors (Lipinski definition) is 2. The number of primary amides is 1. The van der Waals surface area contributed by atoms with Gasteiger partial charge < -0.3 is 20.4 Å². The molecule has 2 unspecified atom stereocenters. The smallest absolute Gasteiger partial charge is 0.321 e. The van der Waals surface area contributed by atoms with Crippen molar-refractivity contribution in [2.45, 2.75) is 25.7 Å². The van der Waals surface area contributed by atoms with Crippen molar-refractivity contribution < 1.29 is 14.0 Å². The van der Waals surface area contributed by atoms with Crippen molar-refractivity contribution in [1.29, 1.82) is 0 Å². The van der Waals surface area contributed by atoms with Gasteiger partial charge in [-0.2, -0.15) is 0 Å². The van der Waals surface area contributed by atoms with Crippen molar-refractivity contribution in [2.24, 2.45) is 17.6 Å². The highest BCUT2D eigenvalue weighted by molar-refractivity contribution is 6.09. The second kappa shape index (κ2) is 5.81. The number of pyridine rings is 1. The molecule has 0 spiro atoms. The Kier molecular flexibility index (Phi) is 3.63. The van der Waals surface area contributed by atoms with E-state index in [1.54, 1.807) is 18.5 Å². The van der Waals surface area contributed by atoms with Crippen molar-refractivity contribution in [3.63, 3.8) is 0 Å². The molecule has 1 aliphatic carbocycles. The largest absolute Gasteiger partial charge is 0.448 e. The Morgan fingerprint density at radius 2 is 1.96 bits per heavy atom. The Hall–Kier alpha value is -2.57. The lowest BCUT2D eigenvalue weighted by Gasteiger charge is -2.22. The van der Waals surface area contributed by atoms with Gasteiger partial charge in [-0.3, -0.25) is 9.78 Å². The fourth-order valence-corrected chi connectivity index (χ4v) is 4.00. The Labute approximate surface area is 139 Å². The number of furan rings is 1. The number of carbonyl (C=O) groups is 2. The summed E-state index contributed by atoms with van der Waals surface area (Å²) in [6.45, 7) is 1.55. The monoisotopic (exact) mass is 328 g/mol. The van der Waals surface area contributed by atoms with Crippen molar-refractivity contribution in [3.05, 3.63) is 24.2 Å². The standard InChI is InChI=1S/C17H20N4O3/c18-16(22)15-14(12-7-19-6-5-13(12)24-15)20-17(23)21-8-10-3-1-2-4-11(10)9-21/h5-7,10-11H,1-4,8-9H2,(H2,18,22)(H,20,23). The molecule has 1 saturated carbocycles. The van der Waals surface area contributed by atoms with Gasteiger partial charge >= 0.3 is 6.03 Å². The Morgan fingerprint density at radius 3 is 2.62 bits per heavy atom. The molecule has 2 aromatic rings. The van der Waals surface area contributed by atoms with E-state index in [4.69, 9.17) is 10.2 Å². The van der Waals surface area contributed by atoms with Gasteiger partial charge in [0.25, 0.3) is 5.91 Å². The SMILES string of the molecule is NC(=O)c1oc2ccncc2c1NC(=O)N1CC2CCCCC2C1. The molecule has 7 nitrogen and oxygen atoms in total. The zero-order valence-corrected chi connectivity index (χ0v) is 13.3. The summed E-state index contributed by atoms with van der Waals surface area (Å²) in [5.41, 5.74) is 6.17. The number of rotatable bonds is 2. The summed E-state index contributed by atoms with van der Waals surface area (Å²) >= 11 is 0. The van der Waals surface area contributed by atoms with E-state index < -0.39 is 5.91 Å². The van der Waals surface area contributed by atoms with E-state index in [-0.39, 0.29) is 11.8 Å². The molecule has 4 rings (SSSR count). The minimum atomic E-state index is -0.711. The molecule has 3 heterocycles. The lowest BCUT2D eigenvalue weighted by atomic mass is 9.82. The summed E-state index contributed by atoms with van der Waals surface area (Å²) in [6.07, 6.45) is 8.01. The molecule has 7 heteroatoms. The van der Waals surface area contributed by atoms with E-state index >= 15 is 0 Å². The van der Waals surface area contributed by atoms with Crippen LogP contribution < -0.4 is 11.1 Å². The molecule has 2 aliphatic rings. The number of urea groups is 1. The molecule has 2 fully saturated rings. The van der Waals surface area contributed by atoms with E-state index in [1.807, 2.05) is 4.90 Å². The van der Waals surface area contributed by atoms with Gasteiger partial charge in [0, 0.05) is 25.5 Å². The van der Waals surface area contributed by atoms with Crippen LogP contribution in [0.15, 0.2) is 22.9 Å². The molecular formula is C17H20N4O3. The lowest BCUT2D eigenvalue weighted by Crippen LogP contribution is -2.33. The second-order valence-corrected chi connectivity index (χ2v) is 6.68. The minimum absolute atomic E-state index is 0.0389. The van der Waals surface area contributed by atoms with Gasteiger partial charge in [-0.1, -0.05) is 12.8 Å². The third-order valence-corrected chi connectivity index (χ3v) is 5.21. The molecule has 2 atom stereocenters. The average Bonchev–Trinajstić information content (AvgIpc) is 3.17. The average molecular weight is 328 g/mol. The van der Waals surface area contributed by atoms with Gasteiger partial charge in [-0.15, -0.1) is 0 Å². The third-order valence-electron chi connectivity index (χ3n) is 5.21. The predicted octanol–water partition coefficient (Wildman–Crippen LogP) is 2.58. The third kappa shape index (κ3) is 2.50. The molecule has 0 radical (unpaired) electrons. The van der Waals surface area contributed by atoms with Crippen LogP contribution in [-0.2, 0) is 0 Å². The molecular weight excluding hydrogens is 308 g/mol. The minimum Gasteiger partial charge on any atom is -0.448 e. The fourth-order valence-electron chi connectivity index (χ4n) is 4.00. The quantitative estimate of drug-likeness (QED) is 0.884. The number of anilines is 1. The number of likely N-dealkylation sites (tertiary alicyclic amines) is 1. The highest BCUT2D eigenvalue weighted by atomic mass is 16.3. The fraction of sp³-hybridized carbons (Fsp3) is 0.471. The van der Waals surface area contributed by atoms with Crippen LogP contribution >= 0.6 is 0 Å². The summed E-state index contributed by atoms with van der Waals surface area (Å²) < 4.78 is 5.47. The number of aromatic nitrogens is 1. The van der Waals surface area contributed by atoms with Crippen LogP contribution in [0.4, 0.5) is 10.5 Å². The van der Waals surface area contributed by atoms with Crippen LogP contribution in [0.25, 0.3) is 11.0 Å². The predicted molar refractivity (Wildman–Crippen MR) is 88.6 cm³/mol. The van der Waals surface area contributed by atoms with Gasteiger partial charge in [0.05, 0.1) is 5.39 Å². The summed E-state index contributed by atoms with van der Waals surface area (Å²) in [4.78, 5) is 30.2. The van der Waals surface area contributed by atoms with E-state index in [0.29, 0.717) is 28.5 Å². The van der Waals surface area contributed by atoms with Gasteiger partial charge in [-0.25, -0.2) is 4.79 Å². The van der Waals surface area contributed by atoms with Crippen molar-refractivity contribution in [2.75, 3.05) is 18.4 Å². The van der Waals surface area contributed by atoms with Crippen LogP contribution in [-0.4, -0.2) is 34.9 Å². The zero-order valence-electron chi connectivity index (χ0n) is 13.3. The van der Waals surface area contributed by atoms with Crippen molar-refractivity contribution >= 4 is 28.6 Å². The van der Waals surface area contributed by atoms with E-state index in [1.165, 1.54) is 25.7 Å². The summed E-state index contributed by atoms with van der Waals surface area (Å²) in [6, 6.07) is 1.43. The zero-order chi connectivity index (χ0) is 16.7. The van der Waals surface area contributed by atoms with Crippen LogP contribution in [0.5, 0.6) is 0 Å². The maximum Gasteiger partial charge on any atom is 0.321 e. The van der Waals surface area contributed by atoms with Gasteiger partial charge in [0.15, 0.2) is 0 Å². The van der Waals surface area contributed by atoms with Crippen LogP contribution in [0.1, 0.15) is 36.2 Å². The first kappa shape index (κ1) is 15.0. The Balaban J connectivity index is 1.59. The molecule has 1 saturated heterocycles. The highest BCUT2D eigenvalue weighted by Gasteiger charge is 2.37. The molecule has 0 bridgehead atoms. The topological polar surface area (TPSA) is 101 Å². The first-order valence-electron chi connectivity index (χ1n) is 8.35. The maximum atomic E-state index is 12.7. The Morgan fingerprint density at radius 1 is 1.25 bits per heavy atom. The summed E-state index contributed by atoms with van der Waals surface area (Å²) in [7, 11) is 0. The molecule has 126 valence electrons. The summed E-state index contributed by atoms with van der Waals surface area (Å²) in [5, 5.41) is 3.40. The number of nitrogens with one attached hydrogen (secondary N) is 1. The molecule has 24 heavy (non-hydrogen) atoms. The van der Waals surface area contributed by atoms with Crippen molar-refractivity contribution in [3.8, 4) is 0 Å². The lowest BCUT2D eigenvalue weighted by molar-refractivity contribution is 0.0977. The normalized spacial score (nSPS) is 23.2. The van der Waals surface area contributed by atoms with Crippen molar-refractivity contribution in [1.82, 2.24) is 9.88 Å². The van der Waals surface area contributed by atoms with Gasteiger partial charge in [0.1, 0.15) is 11.3 Å². The molecule has 2 aromatic heterocycles. The van der Waals surface area contributed by atoms with E-state index in [9.17, 15) is 9.59 Å². The number of nitrogens with zero attached hydrogens (tertiary/aromatic N) is 2. The maximum absolute atomic E-state index is 12.7.